The zero-order chi connectivity index (χ0) is 12.3. The summed E-state index contributed by atoms with van der Waals surface area (Å²) < 4.78 is 0. The highest BCUT2D eigenvalue weighted by atomic mass is 14.9. The van der Waals surface area contributed by atoms with E-state index in [-0.39, 0.29) is 0 Å². The van der Waals surface area contributed by atoms with Crippen molar-refractivity contribution in [2.24, 2.45) is 11.8 Å². The summed E-state index contributed by atoms with van der Waals surface area (Å²) in [5, 5.41) is 3.70. The second kappa shape index (κ2) is 5.68. The molecule has 0 amide bonds. The molecule has 1 heteroatoms. The van der Waals surface area contributed by atoms with Crippen LogP contribution in [0.3, 0.4) is 0 Å². The molecule has 0 aliphatic heterocycles. The van der Waals surface area contributed by atoms with Gasteiger partial charge in [-0.1, -0.05) is 49.6 Å². The van der Waals surface area contributed by atoms with Gasteiger partial charge in [-0.25, -0.2) is 0 Å². The Morgan fingerprint density at radius 1 is 1.35 bits per heavy atom. The maximum Gasteiger partial charge on any atom is 0.0292 e. The molecule has 0 spiro atoms. The summed E-state index contributed by atoms with van der Waals surface area (Å²) in [4.78, 5) is 0. The fourth-order valence-electron chi connectivity index (χ4n) is 2.91. The van der Waals surface area contributed by atoms with Gasteiger partial charge in [-0.05, 0) is 44.2 Å². The molecule has 0 radical (unpaired) electrons. The first kappa shape index (κ1) is 12.6. The van der Waals surface area contributed by atoms with Crippen molar-refractivity contribution in [3.05, 3.63) is 35.4 Å². The van der Waals surface area contributed by atoms with Gasteiger partial charge in [0, 0.05) is 6.04 Å². The molecule has 0 heterocycles. The van der Waals surface area contributed by atoms with E-state index in [2.05, 4.69) is 50.4 Å². The first-order valence-electron chi connectivity index (χ1n) is 6.97. The lowest BCUT2D eigenvalue weighted by Gasteiger charge is -2.20. The van der Waals surface area contributed by atoms with Gasteiger partial charge in [-0.15, -0.1) is 0 Å². The van der Waals surface area contributed by atoms with Crippen LogP contribution < -0.4 is 5.32 Å². The van der Waals surface area contributed by atoms with Crippen LogP contribution in [0.1, 0.15) is 50.3 Å². The molecule has 0 bridgehead atoms. The van der Waals surface area contributed by atoms with Crippen molar-refractivity contribution < 1.29 is 0 Å². The van der Waals surface area contributed by atoms with Crippen LogP contribution in [-0.2, 0) is 0 Å². The zero-order valence-electron chi connectivity index (χ0n) is 11.4. The van der Waals surface area contributed by atoms with Gasteiger partial charge in [-0.2, -0.15) is 0 Å². The van der Waals surface area contributed by atoms with Crippen molar-refractivity contribution in [3.8, 4) is 0 Å². The van der Waals surface area contributed by atoms with Gasteiger partial charge >= 0.3 is 0 Å². The lowest BCUT2D eigenvalue weighted by atomic mass is 9.97. The van der Waals surface area contributed by atoms with Crippen LogP contribution in [0.25, 0.3) is 0 Å². The molecule has 3 unspecified atom stereocenters. The van der Waals surface area contributed by atoms with E-state index >= 15 is 0 Å². The molecule has 1 fully saturated rings. The second-order valence-corrected chi connectivity index (χ2v) is 5.71. The smallest absolute Gasteiger partial charge is 0.0292 e. The highest BCUT2D eigenvalue weighted by molar-refractivity contribution is 5.24. The van der Waals surface area contributed by atoms with Crippen LogP contribution in [0.15, 0.2) is 24.3 Å². The van der Waals surface area contributed by atoms with Crippen LogP contribution >= 0.6 is 0 Å². The van der Waals surface area contributed by atoms with Crippen molar-refractivity contribution in [1.82, 2.24) is 5.32 Å². The highest BCUT2D eigenvalue weighted by Gasteiger charge is 2.23. The van der Waals surface area contributed by atoms with Crippen molar-refractivity contribution in [3.63, 3.8) is 0 Å². The number of aryl methyl sites for hydroxylation is 1. The third kappa shape index (κ3) is 3.32. The van der Waals surface area contributed by atoms with Gasteiger partial charge < -0.3 is 5.32 Å². The van der Waals surface area contributed by atoms with E-state index in [4.69, 9.17) is 0 Å². The summed E-state index contributed by atoms with van der Waals surface area (Å²) in [7, 11) is 0. The summed E-state index contributed by atoms with van der Waals surface area (Å²) in [6.45, 7) is 8.01. The molecule has 94 valence electrons. The molecule has 1 saturated carbocycles. The predicted octanol–water partition coefficient (Wildman–Crippen LogP) is 4.08. The van der Waals surface area contributed by atoms with E-state index in [1.807, 2.05) is 0 Å². The molecule has 0 aromatic heterocycles. The maximum atomic E-state index is 3.70. The summed E-state index contributed by atoms with van der Waals surface area (Å²) in [6.07, 6.45) is 4.26. The third-order valence-electron chi connectivity index (χ3n) is 4.27. The number of rotatable bonds is 4. The Morgan fingerprint density at radius 3 is 2.82 bits per heavy atom. The lowest BCUT2D eigenvalue weighted by molar-refractivity contribution is 0.375. The average Bonchev–Trinajstić information content (AvgIpc) is 2.72. The Hall–Kier alpha value is -0.820. The normalized spacial score (nSPS) is 26.1. The lowest BCUT2D eigenvalue weighted by Crippen LogP contribution is -2.27. The largest absolute Gasteiger partial charge is 0.310 e. The molecule has 1 aromatic carbocycles. The fraction of sp³-hybridized carbons (Fsp3) is 0.625. The molecule has 3 atom stereocenters. The van der Waals surface area contributed by atoms with Gasteiger partial charge in [0.2, 0.25) is 0 Å². The Labute approximate surface area is 106 Å². The SMILES string of the molecule is Cc1cccc(C(C)NCC2CCCC2C)c1. The average molecular weight is 231 g/mol. The number of hydrogen-bond acceptors (Lipinski definition) is 1. The molecule has 2 rings (SSSR count). The van der Waals surface area contributed by atoms with Gasteiger partial charge in [0.15, 0.2) is 0 Å². The highest BCUT2D eigenvalue weighted by Crippen LogP contribution is 2.30. The van der Waals surface area contributed by atoms with Gasteiger partial charge in [0.1, 0.15) is 0 Å². The molecule has 17 heavy (non-hydrogen) atoms. The maximum absolute atomic E-state index is 3.70. The van der Waals surface area contributed by atoms with E-state index in [1.54, 1.807) is 0 Å². The Balaban J connectivity index is 1.86. The minimum Gasteiger partial charge on any atom is -0.310 e. The van der Waals surface area contributed by atoms with E-state index in [9.17, 15) is 0 Å². The summed E-state index contributed by atoms with van der Waals surface area (Å²) >= 11 is 0. The second-order valence-electron chi connectivity index (χ2n) is 5.71. The third-order valence-corrected chi connectivity index (χ3v) is 4.27. The molecule has 1 aliphatic rings. The summed E-state index contributed by atoms with van der Waals surface area (Å²) in [6, 6.07) is 9.30. The van der Waals surface area contributed by atoms with Crippen LogP contribution in [0.2, 0.25) is 0 Å². The molecular weight excluding hydrogens is 206 g/mol. The standard InChI is InChI=1S/C16H25N/c1-12-6-4-8-15(10-12)14(3)17-11-16-9-5-7-13(16)2/h4,6,8,10,13-14,16-17H,5,7,9,11H2,1-3H3. The number of hydrogen-bond donors (Lipinski definition) is 1. The van der Waals surface area contributed by atoms with Crippen LogP contribution in [0.4, 0.5) is 0 Å². The van der Waals surface area contributed by atoms with Crippen molar-refractivity contribution in [1.29, 1.82) is 0 Å². The quantitative estimate of drug-likeness (QED) is 0.823. The Kier molecular flexibility index (Phi) is 4.22. The summed E-state index contributed by atoms with van der Waals surface area (Å²) in [5.41, 5.74) is 2.76. The number of nitrogens with one attached hydrogen (secondary N) is 1. The minimum atomic E-state index is 0.475. The molecular formula is C16H25N. The molecule has 1 nitrogen and oxygen atoms in total. The van der Waals surface area contributed by atoms with E-state index in [0.717, 1.165) is 11.8 Å². The number of benzene rings is 1. The molecule has 1 aliphatic carbocycles. The Bertz CT molecular complexity index is 358. The van der Waals surface area contributed by atoms with E-state index < -0.39 is 0 Å². The first-order chi connectivity index (χ1) is 8.16. The van der Waals surface area contributed by atoms with Crippen molar-refractivity contribution >= 4 is 0 Å². The van der Waals surface area contributed by atoms with Gasteiger partial charge in [-0.3, -0.25) is 0 Å². The van der Waals surface area contributed by atoms with Crippen LogP contribution in [0.5, 0.6) is 0 Å². The topological polar surface area (TPSA) is 12.0 Å². The fourth-order valence-corrected chi connectivity index (χ4v) is 2.91. The van der Waals surface area contributed by atoms with Crippen LogP contribution in [0, 0.1) is 18.8 Å². The molecule has 1 N–H and O–H groups in total. The molecule has 1 aromatic rings. The van der Waals surface area contributed by atoms with Gasteiger partial charge in [0.25, 0.3) is 0 Å². The van der Waals surface area contributed by atoms with Crippen LogP contribution in [-0.4, -0.2) is 6.54 Å². The minimum absolute atomic E-state index is 0.475. The first-order valence-corrected chi connectivity index (χ1v) is 6.97. The Morgan fingerprint density at radius 2 is 2.18 bits per heavy atom. The van der Waals surface area contributed by atoms with E-state index in [1.165, 1.54) is 36.9 Å². The predicted molar refractivity (Wildman–Crippen MR) is 74.1 cm³/mol. The zero-order valence-corrected chi connectivity index (χ0v) is 11.4. The summed E-state index contributed by atoms with van der Waals surface area (Å²) in [5.74, 6) is 1.80. The monoisotopic (exact) mass is 231 g/mol. The van der Waals surface area contributed by atoms with Crippen molar-refractivity contribution in [2.45, 2.75) is 46.1 Å². The molecule has 0 saturated heterocycles. The van der Waals surface area contributed by atoms with E-state index in [0.29, 0.717) is 6.04 Å². The van der Waals surface area contributed by atoms with Gasteiger partial charge in [0.05, 0.1) is 0 Å². The van der Waals surface area contributed by atoms with Crippen molar-refractivity contribution in [2.75, 3.05) is 6.54 Å².